The molecule has 0 bridgehead atoms. The predicted octanol–water partition coefficient (Wildman–Crippen LogP) is 2.80. The summed E-state index contributed by atoms with van der Waals surface area (Å²) in [6, 6.07) is 18.5. The van der Waals surface area contributed by atoms with Gasteiger partial charge in [-0.05, 0) is 13.0 Å². The minimum atomic E-state index is -0.289. The van der Waals surface area contributed by atoms with E-state index in [1.54, 1.807) is 0 Å². The smallest absolute Gasteiger partial charge is 0.226 e. The van der Waals surface area contributed by atoms with Gasteiger partial charge in [-0.15, -0.1) is 0 Å². The average molecular weight is 348 g/mol. The summed E-state index contributed by atoms with van der Waals surface area (Å²) in [4.78, 5) is 14.3. The fourth-order valence-electron chi connectivity index (χ4n) is 3.53. The van der Waals surface area contributed by atoms with Crippen LogP contribution in [0.4, 0.5) is 5.95 Å². The maximum Gasteiger partial charge on any atom is 0.226 e. The second-order valence-corrected chi connectivity index (χ2v) is 6.89. The normalized spacial score (nSPS) is 16.8. The number of piperazine rings is 1. The Labute approximate surface area is 153 Å². The molecule has 1 fully saturated rings. The highest BCUT2D eigenvalue weighted by Gasteiger charge is 2.21. The molecule has 2 heterocycles. The molecule has 5 heteroatoms. The lowest BCUT2D eigenvalue weighted by atomic mass is 10.1. The van der Waals surface area contributed by atoms with Gasteiger partial charge >= 0.3 is 0 Å². The van der Waals surface area contributed by atoms with E-state index >= 15 is 0 Å². The maximum absolute atomic E-state index is 9.59. The van der Waals surface area contributed by atoms with Gasteiger partial charge in [-0.3, -0.25) is 4.90 Å². The molecule has 2 aromatic carbocycles. The molecule has 0 radical (unpaired) electrons. The summed E-state index contributed by atoms with van der Waals surface area (Å²) in [5, 5.41) is 10.7. The van der Waals surface area contributed by atoms with Gasteiger partial charge in [0.1, 0.15) is 0 Å². The van der Waals surface area contributed by atoms with Crippen LogP contribution in [-0.4, -0.2) is 58.8 Å². The third kappa shape index (κ3) is 3.54. The molecule has 3 aromatic rings. The third-order valence-electron chi connectivity index (χ3n) is 4.82. The number of β-amino-alcohol motifs (C(OH)–C–C–N with tert-alkyl or cyclic N) is 1. The maximum atomic E-state index is 9.59. The number of aliphatic hydroxyl groups is 1. The number of hydrogen-bond acceptors (Lipinski definition) is 5. The first-order valence-corrected chi connectivity index (χ1v) is 9.18. The van der Waals surface area contributed by atoms with Gasteiger partial charge in [0, 0.05) is 43.7 Å². The summed E-state index contributed by atoms with van der Waals surface area (Å²) < 4.78 is 0. The minimum absolute atomic E-state index is 0.289. The van der Waals surface area contributed by atoms with E-state index in [0.29, 0.717) is 0 Å². The Kier molecular flexibility index (Phi) is 4.82. The number of aromatic nitrogens is 2. The van der Waals surface area contributed by atoms with Gasteiger partial charge in [-0.25, -0.2) is 9.97 Å². The molecular weight excluding hydrogens is 324 g/mol. The van der Waals surface area contributed by atoms with Gasteiger partial charge in [-0.2, -0.15) is 0 Å². The zero-order chi connectivity index (χ0) is 17.9. The number of nitrogens with zero attached hydrogens (tertiary/aromatic N) is 4. The number of benzene rings is 2. The van der Waals surface area contributed by atoms with Crippen LogP contribution in [0, 0.1) is 0 Å². The highest BCUT2D eigenvalue weighted by atomic mass is 16.3. The highest BCUT2D eigenvalue weighted by Crippen LogP contribution is 2.28. The molecule has 0 spiro atoms. The van der Waals surface area contributed by atoms with Gasteiger partial charge in [0.2, 0.25) is 5.95 Å². The lowest BCUT2D eigenvalue weighted by molar-refractivity contribution is 0.122. The van der Waals surface area contributed by atoms with Gasteiger partial charge < -0.3 is 10.0 Å². The molecule has 1 aromatic heterocycles. The lowest BCUT2D eigenvalue weighted by Gasteiger charge is -2.35. The van der Waals surface area contributed by atoms with Crippen molar-refractivity contribution >= 4 is 16.9 Å². The molecule has 0 unspecified atom stereocenters. The molecule has 0 amide bonds. The van der Waals surface area contributed by atoms with Gasteiger partial charge in [0.25, 0.3) is 0 Å². The Bertz CT molecular complexity index is 874. The first-order chi connectivity index (χ1) is 12.7. The average Bonchev–Trinajstić information content (AvgIpc) is 2.68. The molecule has 4 rings (SSSR count). The van der Waals surface area contributed by atoms with Crippen LogP contribution >= 0.6 is 0 Å². The molecule has 1 atom stereocenters. The first-order valence-electron chi connectivity index (χ1n) is 9.18. The molecule has 0 aliphatic carbocycles. The summed E-state index contributed by atoms with van der Waals surface area (Å²) in [7, 11) is 0. The monoisotopic (exact) mass is 348 g/mol. The Balaban J connectivity index is 1.67. The van der Waals surface area contributed by atoms with Gasteiger partial charge in [0.15, 0.2) is 0 Å². The molecule has 5 nitrogen and oxygen atoms in total. The Hall–Kier alpha value is -2.50. The van der Waals surface area contributed by atoms with E-state index in [4.69, 9.17) is 9.97 Å². The van der Waals surface area contributed by atoms with E-state index in [-0.39, 0.29) is 6.10 Å². The van der Waals surface area contributed by atoms with Crippen LogP contribution in [0.2, 0.25) is 0 Å². The van der Waals surface area contributed by atoms with Crippen LogP contribution in [0.3, 0.4) is 0 Å². The number of aliphatic hydroxyl groups excluding tert-OH is 1. The van der Waals surface area contributed by atoms with Crippen molar-refractivity contribution in [2.24, 2.45) is 0 Å². The summed E-state index contributed by atoms with van der Waals surface area (Å²) >= 11 is 0. The number of hydrogen-bond donors (Lipinski definition) is 1. The number of para-hydroxylation sites is 1. The second kappa shape index (κ2) is 7.40. The molecule has 1 aliphatic rings. The molecule has 1 saturated heterocycles. The number of anilines is 1. The van der Waals surface area contributed by atoms with Crippen molar-refractivity contribution in [1.82, 2.24) is 14.9 Å². The van der Waals surface area contributed by atoms with Gasteiger partial charge in [-0.1, -0.05) is 48.5 Å². The van der Waals surface area contributed by atoms with E-state index in [9.17, 15) is 5.11 Å². The van der Waals surface area contributed by atoms with Crippen molar-refractivity contribution < 1.29 is 5.11 Å². The summed E-state index contributed by atoms with van der Waals surface area (Å²) in [5.41, 5.74) is 3.07. The molecule has 26 heavy (non-hydrogen) atoms. The standard InChI is InChI=1S/C21H24N4O/c1-16(26)15-24-11-13-25(14-12-24)21-22-19-10-6-5-9-18(19)20(23-21)17-7-3-2-4-8-17/h2-10,16,26H,11-15H2,1H3/t16-/m1/s1. The molecule has 1 N–H and O–H groups in total. The van der Waals surface area contributed by atoms with E-state index in [1.165, 1.54) is 0 Å². The van der Waals surface area contributed by atoms with Crippen LogP contribution in [0.25, 0.3) is 22.2 Å². The molecule has 134 valence electrons. The van der Waals surface area contributed by atoms with Crippen molar-refractivity contribution in [1.29, 1.82) is 0 Å². The fourth-order valence-corrected chi connectivity index (χ4v) is 3.53. The third-order valence-corrected chi connectivity index (χ3v) is 4.82. The van der Waals surface area contributed by atoms with E-state index in [1.807, 2.05) is 37.3 Å². The fraction of sp³-hybridized carbons (Fsp3) is 0.333. The highest BCUT2D eigenvalue weighted by molar-refractivity contribution is 5.93. The van der Waals surface area contributed by atoms with Gasteiger partial charge in [0.05, 0.1) is 17.3 Å². The number of rotatable bonds is 4. The van der Waals surface area contributed by atoms with E-state index < -0.39 is 0 Å². The van der Waals surface area contributed by atoms with Crippen LogP contribution < -0.4 is 4.90 Å². The SMILES string of the molecule is C[C@@H](O)CN1CCN(c2nc(-c3ccccc3)c3ccccc3n2)CC1. The zero-order valence-electron chi connectivity index (χ0n) is 15.0. The topological polar surface area (TPSA) is 52.5 Å². The van der Waals surface area contributed by atoms with E-state index in [2.05, 4.69) is 34.1 Å². The van der Waals surface area contributed by atoms with Crippen molar-refractivity contribution in [2.45, 2.75) is 13.0 Å². The summed E-state index contributed by atoms with van der Waals surface area (Å²) in [6.45, 7) is 6.15. The number of fused-ring (bicyclic) bond motifs is 1. The van der Waals surface area contributed by atoms with Crippen LogP contribution in [0.1, 0.15) is 6.92 Å². The van der Waals surface area contributed by atoms with Crippen LogP contribution in [0.5, 0.6) is 0 Å². The van der Waals surface area contributed by atoms with Crippen LogP contribution in [0.15, 0.2) is 54.6 Å². The Morgan fingerprint density at radius 3 is 2.35 bits per heavy atom. The zero-order valence-corrected chi connectivity index (χ0v) is 15.0. The quantitative estimate of drug-likeness (QED) is 0.786. The minimum Gasteiger partial charge on any atom is -0.392 e. The van der Waals surface area contributed by atoms with Crippen molar-refractivity contribution in [3.8, 4) is 11.3 Å². The predicted molar refractivity (Wildman–Crippen MR) is 105 cm³/mol. The van der Waals surface area contributed by atoms with Crippen LogP contribution in [-0.2, 0) is 0 Å². The lowest BCUT2D eigenvalue weighted by Crippen LogP contribution is -2.48. The molecule has 0 saturated carbocycles. The molecular formula is C21H24N4O. The largest absolute Gasteiger partial charge is 0.392 e. The van der Waals surface area contributed by atoms with Crippen molar-refractivity contribution in [3.63, 3.8) is 0 Å². The summed E-state index contributed by atoms with van der Waals surface area (Å²) in [5.74, 6) is 0.791. The van der Waals surface area contributed by atoms with Crippen molar-refractivity contribution in [3.05, 3.63) is 54.6 Å². The Morgan fingerprint density at radius 1 is 0.923 bits per heavy atom. The Morgan fingerprint density at radius 2 is 1.62 bits per heavy atom. The first kappa shape index (κ1) is 16.9. The summed E-state index contributed by atoms with van der Waals surface area (Å²) in [6.07, 6.45) is -0.289. The van der Waals surface area contributed by atoms with E-state index in [0.717, 1.165) is 60.8 Å². The second-order valence-electron chi connectivity index (χ2n) is 6.89. The molecule has 1 aliphatic heterocycles. The van der Waals surface area contributed by atoms with Crippen molar-refractivity contribution in [2.75, 3.05) is 37.6 Å².